The third kappa shape index (κ3) is 4.39. The van der Waals surface area contributed by atoms with Crippen LogP contribution < -0.4 is 9.46 Å². The molecular formula is C18H19N3O3S2. The summed E-state index contributed by atoms with van der Waals surface area (Å²) in [6.45, 7) is 6.08. The van der Waals surface area contributed by atoms with Crippen LogP contribution in [-0.4, -0.2) is 17.8 Å². The molecule has 0 amide bonds. The highest BCUT2D eigenvalue weighted by atomic mass is 32.2. The Balaban J connectivity index is 1.77. The zero-order valence-electron chi connectivity index (χ0n) is 14.6. The third-order valence-corrected chi connectivity index (χ3v) is 5.42. The van der Waals surface area contributed by atoms with Gasteiger partial charge in [0, 0.05) is 23.0 Å². The first-order chi connectivity index (χ1) is 12.2. The summed E-state index contributed by atoms with van der Waals surface area (Å²) in [5.41, 5.74) is 0.248. The van der Waals surface area contributed by atoms with E-state index in [0.29, 0.717) is 22.5 Å². The number of aromatic nitrogens is 2. The SMILES string of the molecule is CC(C)(C)c1nsc(Oc2cccc(NS(=O)(=O)c3ccccc3)c2)n1. The molecule has 136 valence electrons. The van der Waals surface area contributed by atoms with Crippen molar-refractivity contribution in [2.45, 2.75) is 31.1 Å². The molecule has 1 N–H and O–H groups in total. The molecule has 0 unspecified atom stereocenters. The van der Waals surface area contributed by atoms with Crippen molar-refractivity contribution in [2.75, 3.05) is 4.72 Å². The molecule has 3 aromatic rings. The fraction of sp³-hybridized carbons (Fsp3) is 0.222. The van der Waals surface area contributed by atoms with Crippen LogP contribution in [0.3, 0.4) is 0 Å². The molecule has 0 aliphatic heterocycles. The molecule has 0 fully saturated rings. The quantitative estimate of drug-likeness (QED) is 0.698. The minimum Gasteiger partial charge on any atom is -0.430 e. The zero-order chi connectivity index (χ0) is 18.8. The summed E-state index contributed by atoms with van der Waals surface area (Å²) >= 11 is 1.17. The fourth-order valence-corrected chi connectivity index (χ4v) is 3.90. The first-order valence-corrected chi connectivity index (χ1v) is 10.2. The lowest BCUT2D eigenvalue weighted by Crippen LogP contribution is -2.13. The summed E-state index contributed by atoms with van der Waals surface area (Å²) in [5.74, 6) is 1.19. The minimum absolute atomic E-state index is 0.161. The van der Waals surface area contributed by atoms with E-state index < -0.39 is 10.0 Å². The first-order valence-electron chi connectivity index (χ1n) is 7.94. The van der Waals surface area contributed by atoms with Crippen LogP contribution in [0.5, 0.6) is 10.9 Å². The highest BCUT2D eigenvalue weighted by molar-refractivity contribution is 7.92. The molecule has 6 nitrogen and oxygen atoms in total. The van der Waals surface area contributed by atoms with Crippen LogP contribution in [0, 0.1) is 0 Å². The standard InChI is InChI=1S/C18H19N3O3S2/c1-18(2,3)16-19-17(25-20-16)24-14-9-7-8-13(12-14)21-26(22,23)15-10-5-4-6-11-15/h4-12,21H,1-3H3. The van der Waals surface area contributed by atoms with Gasteiger partial charge in [0.1, 0.15) is 5.75 Å². The average molecular weight is 390 g/mol. The van der Waals surface area contributed by atoms with Gasteiger partial charge in [-0.05, 0) is 24.3 Å². The fourth-order valence-electron chi connectivity index (χ4n) is 2.09. The number of rotatable bonds is 5. The molecule has 8 heteroatoms. The molecule has 2 aromatic carbocycles. The summed E-state index contributed by atoms with van der Waals surface area (Å²) < 4.78 is 37.4. The second-order valence-corrected chi connectivity index (χ2v) is 9.08. The molecule has 0 saturated carbocycles. The Morgan fingerprint density at radius 3 is 2.42 bits per heavy atom. The van der Waals surface area contributed by atoms with E-state index in [1.54, 1.807) is 42.5 Å². The number of nitrogens with zero attached hydrogens (tertiary/aromatic N) is 2. The lowest BCUT2D eigenvalue weighted by molar-refractivity contribution is 0.468. The predicted molar refractivity (Wildman–Crippen MR) is 102 cm³/mol. The van der Waals surface area contributed by atoms with Gasteiger partial charge in [-0.2, -0.15) is 9.36 Å². The van der Waals surface area contributed by atoms with Gasteiger partial charge in [-0.25, -0.2) is 8.42 Å². The number of sulfonamides is 1. The Bertz CT molecular complexity index is 994. The molecule has 3 rings (SSSR count). The topological polar surface area (TPSA) is 81.2 Å². The highest BCUT2D eigenvalue weighted by Crippen LogP contribution is 2.29. The molecular weight excluding hydrogens is 370 g/mol. The zero-order valence-corrected chi connectivity index (χ0v) is 16.3. The van der Waals surface area contributed by atoms with E-state index in [9.17, 15) is 8.42 Å². The van der Waals surface area contributed by atoms with E-state index in [4.69, 9.17) is 4.74 Å². The minimum atomic E-state index is -3.65. The Hall–Kier alpha value is -2.45. The van der Waals surface area contributed by atoms with Crippen LogP contribution in [0.25, 0.3) is 0 Å². The van der Waals surface area contributed by atoms with Gasteiger partial charge in [0.25, 0.3) is 15.2 Å². The first kappa shape index (κ1) is 18.3. The number of hydrogen-bond donors (Lipinski definition) is 1. The molecule has 0 saturated heterocycles. The van der Waals surface area contributed by atoms with Crippen molar-refractivity contribution < 1.29 is 13.2 Å². The number of hydrogen-bond acceptors (Lipinski definition) is 6. The second kappa shape index (κ2) is 7.05. The Labute approximate surface area is 157 Å². The third-order valence-electron chi connectivity index (χ3n) is 3.42. The molecule has 0 radical (unpaired) electrons. The van der Waals surface area contributed by atoms with Gasteiger partial charge >= 0.3 is 0 Å². The van der Waals surface area contributed by atoms with Crippen LogP contribution >= 0.6 is 11.5 Å². The summed E-state index contributed by atoms with van der Waals surface area (Å²) in [6, 6.07) is 14.9. The Kier molecular flexibility index (Phi) is 4.97. The monoisotopic (exact) mass is 389 g/mol. The van der Waals surface area contributed by atoms with Crippen molar-refractivity contribution >= 4 is 27.2 Å². The van der Waals surface area contributed by atoms with Gasteiger partial charge in [-0.15, -0.1) is 0 Å². The van der Waals surface area contributed by atoms with E-state index in [1.165, 1.54) is 23.7 Å². The van der Waals surface area contributed by atoms with Crippen LogP contribution in [0.2, 0.25) is 0 Å². The molecule has 0 bridgehead atoms. The summed E-state index contributed by atoms with van der Waals surface area (Å²) in [4.78, 5) is 4.57. The number of anilines is 1. The van der Waals surface area contributed by atoms with E-state index in [2.05, 4.69) is 14.1 Å². The van der Waals surface area contributed by atoms with Crippen LogP contribution in [0.1, 0.15) is 26.6 Å². The Morgan fingerprint density at radius 1 is 1.04 bits per heavy atom. The lowest BCUT2D eigenvalue weighted by atomic mass is 9.96. The number of benzene rings is 2. The molecule has 26 heavy (non-hydrogen) atoms. The van der Waals surface area contributed by atoms with Crippen molar-refractivity contribution in [2.24, 2.45) is 0 Å². The average Bonchev–Trinajstić information content (AvgIpc) is 3.04. The lowest BCUT2D eigenvalue weighted by Gasteiger charge is -2.12. The van der Waals surface area contributed by atoms with E-state index in [-0.39, 0.29) is 10.3 Å². The smallest absolute Gasteiger partial charge is 0.298 e. The van der Waals surface area contributed by atoms with Gasteiger partial charge in [0.15, 0.2) is 5.82 Å². The highest BCUT2D eigenvalue weighted by Gasteiger charge is 2.20. The number of ether oxygens (including phenoxy) is 1. The Morgan fingerprint density at radius 2 is 1.77 bits per heavy atom. The van der Waals surface area contributed by atoms with Gasteiger partial charge in [-0.1, -0.05) is 45.0 Å². The molecule has 0 aliphatic rings. The molecule has 0 aliphatic carbocycles. The summed E-state index contributed by atoms with van der Waals surface area (Å²) in [6.07, 6.45) is 0. The van der Waals surface area contributed by atoms with Crippen molar-refractivity contribution in [3.05, 3.63) is 60.4 Å². The maximum atomic E-state index is 12.4. The maximum Gasteiger partial charge on any atom is 0.298 e. The molecule has 0 spiro atoms. The van der Waals surface area contributed by atoms with Gasteiger partial charge in [0.2, 0.25) is 0 Å². The van der Waals surface area contributed by atoms with Gasteiger partial charge < -0.3 is 4.74 Å². The van der Waals surface area contributed by atoms with Crippen molar-refractivity contribution in [1.82, 2.24) is 9.36 Å². The maximum absolute atomic E-state index is 12.4. The van der Waals surface area contributed by atoms with E-state index in [0.717, 1.165) is 0 Å². The predicted octanol–water partition coefficient (Wildman–Crippen LogP) is 4.43. The van der Waals surface area contributed by atoms with Crippen LogP contribution in [-0.2, 0) is 15.4 Å². The molecule has 1 aromatic heterocycles. The van der Waals surface area contributed by atoms with Gasteiger partial charge in [-0.3, -0.25) is 4.72 Å². The van der Waals surface area contributed by atoms with E-state index >= 15 is 0 Å². The largest absolute Gasteiger partial charge is 0.430 e. The normalized spacial score (nSPS) is 12.0. The molecule has 0 atom stereocenters. The van der Waals surface area contributed by atoms with Crippen molar-refractivity contribution in [3.63, 3.8) is 0 Å². The second-order valence-electron chi connectivity index (χ2n) is 6.68. The van der Waals surface area contributed by atoms with Crippen molar-refractivity contribution in [3.8, 4) is 10.9 Å². The van der Waals surface area contributed by atoms with Gasteiger partial charge in [0.05, 0.1) is 10.6 Å². The van der Waals surface area contributed by atoms with E-state index in [1.807, 2.05) is 20.8 Å². The summed E-state index contributed by atoms with van der Waals surface area (Å²) in [5, 5.41) is 0.415. The molecule has 1 heterocycles. The number of nitrogens with one attached hydrogen (secondary N) is 1. The summed E-state index contributed by atoms with van der Waals surface area (Å²) in [7, 11) is -3.65. The van der Waals surface area contributed by atoms with Crippen molar-refractivity contribution in [1.29, 1.82) is 0 Å². The van der Waals surface area contributed by atoms with Crippen LogP contribution in [0.15, 0.2) is 59.5 Å². The van der Waals surface area contributed by atoms with Crippen LogP contribution in [0.4, 0.5) is 5.69 Å².